The lowest BCUT2D eigenvalue weighted by Crippen LogP contribution is -2.07. The largest absolute Gasteiger partial charge is 0.508 e. The third kappa shape index (κ3) is 5.52. The third-order valence-corrected chi connectivity index (χ3v) is 4.18. The van der Waals surface area contributed by atoms with Gasteiger partial charge in [0.1, 0.15) is 29.4 Å². The van der Waals surface area contributed by atoms with Crippen LogP contribution in [0.5, 0.6) is 17.2 Å². The molecular formula is C23H21NO5. The maximum absolute atomic E-state index is 12.3. The van der Waals surface area contributed by atoms with Gasteiger partial charge in [0.2, 0.25) is 0 Å². The van der Waals surface area contributed by atoms with Gasteiger partial charge in [0.25, 0.3) is 0 Å². The van der Waals surface area contributed by atoms with Gasteiger partial charge in [-0.1, -0.05) is 36.4 Å². The number of carbonyl (C=O) groups is 1. The molecule has 3 aromatic rings. The van der Waals surface area contributed by atoms with Gasteiger partial charge in [-0.2, -0.15) is 0 Å². The Morgan fingerprint density at radius 1 is 0.931 bits per heavy atom. The highest BCUT2D eigenvalue weighted by Gasteiger charge is 2.13. The summed E-state index contributed by atoms with van der Waals surface area (Å²) in [7, 11) is 0. The molecule has 0 aromatic heterocycles. The van der Waals surface area contributed by atoms with Crippen LogP contribution in [0.15, 0.2) is 72.8 Å². The van der Waals surface area contributed by atoms with Gasteiger partial charge < -0.3 is 25.4 Å². The van der Waals surface area contributed by atoms with Gasteiger partial charge in [-0.15, -0.1) is 0 Å². The highest BCUT2D eigenvalue weighted by atomic mass is 16.5. The smallest absolute Gasteiger partial charge is 0.342 e. The summed E-state index contributed by atoms with van der Waals surface area (Å²) in [6.45, 7) is 0.293. The average molecular weight is 391 g/mol. The number of hydrogen-bond donors (Lipinski definition) is 4. The van der Waals surface area contributed by atoms with Crippen LogP contribution in [0.3, 0.4) is 0 Å². The molecule has 0 fully saturated rings. The number of rotatable bonds is 7. The van der Waals surface area contributed by atoms with E-state index < -0.39 is 5.97 Å². The van der Waals surface area contributed by atoms with E-state index in [1.165, 1.54) is 30.3 Å². The van der Waals surface area contributed by atoms with E-state index in [9.17, 15) is 20.1 Å². The van der Waals surface area contributed by atoms with Crippen LogP contribution in [-0.4, -0.2) is 27.9 Å². The second-order valence-corrected chi connectivity index (χ2v) is 6.31. The molecule has 0 bridgehead atoms. The zero-order valence-corrected chi connectivity index (χ0v) is 15.6. The van der Waals surface area contributed by atoms with Crippen LogP contribution in [0.25, 0.3) is 6.08 Å². The number of nitrogens with one attached hydrogen (secondary N) is 1. The molecule has 0 aliphatic heterocycles. The summed E-state index contributed by atoms with van der Waals surface area (Å²) >= 11 is 0. The fourth-order valence-electron chi connectivity index (χ4n) is 2.67. The summed E-state index contributed by atoms with van der Waals surface area (Å²) in [6, 6.07) is 18.3. The van der Waals surface area contributed by atoms with E-state index in [0.717, 1.165) is 5.56 Å². The minimum absolute atomic E-state index is 0.0308. The standard InChI is InChI=1S/C23H21NO5/c25-19-9-11-21(26)17(13-19)15-24-18-8-10-22(27)20(14-18)23(28)29-12-4-7-16-5-2-1-3-6-16/h1-11,13-14,24-27H,12,15H2/b7-4+. The minimum atomic E-state index is -0.649. The van der Waals surface area contributed by atoms with Crippen LogP contribution in [0.4, 0.5) is 5.69 Å². The minimum Gasteiger partial charge on any atom is -0.508 e. The first-order valence-corrected chi connectivity index (χ1v) is 8.99. The normalized spacial score (nSPS) is 10.8. The van der Waals surface area contributed by atoms with Crippen molar-refractivity contribution in [3.63, 3.8) is 0 Å². The second-order valence-electron chi connectivity index (χ2n) is 6.31. The molecule has 0 saturated carbocycles. The van der Waals surface area contributed by atoms with Gasteiger partial charge in [-0.05, 0) is 48.0 Å². The van der Waals surface area contributed by atoms with Gasteiger partial charge in [-0.25, -0.2) is 4.79 Å². The Balaban J connectivity index is 1.61. The fourth-order valence-corrected chi connectivity index (χ4v) is 2.67. The number of phenolic OH excluding ortho intramolecular Hbond substituents is 3. The molecule has 0 atom stereocenters. The maximum atomic E-state index is 12.3. The molecular weight excluding hydrogens is 370 g/mol. The van der Waals surface area contributed by atoms with Gasteiger partial charge >= 0.3 is 5.97 Å². The van der Waals surface area contributed by atoms with E-state index in [0.29, 0.717) is 11.3 Å². The number of benzene rings is 3. The predicted octanol–water partition coefficient (Wildman–Crippen LogP) is 4.29. The Bertz CT molecular complexity index is 1020. The lowest BCUT2D eigenvalue weighted by atomic mass is 10.1. The zero-order chi connectivity index (χ0) is 20.6. The highest BCUT2D eigenvalue weighted by Crippen LogP contribution is 2.25. The Labute approximate surface area is 168 Å². The topological polar surface area (TPSA) is 99.0 Å². The predicted molar refractivity (Wildman–Crippen MR) is 111 cm³/mol. The van der Waals surface area contributed by atoms with Crippen LogP contribution in [0.2, 0.25) is 0 Å². The Morgan fingerprint density at radius 2 is 1.69 bits per heavy atom. The van der Waals surface area contributed by atoms with Gasteiger partial charge in [-0.3, -0.25) is 0 Å². The Kier molecular flexibility index (Phi) is 6.37. The van der Waals surface area contributed by atoms with Crippen molar-refractivity contribution in [1.82, 2.24) is 0 Å². The van der Waals surface area contributed by atoms with Crippen molar-refractivity contribution in [1.29, 1.82) is 0 Å². The second kappa shape index (κ2) is 9.32. The summed E-state index contributed by atoms with van der Waals surface area (Å²) in [5.74, 6) is -0.756. The molecule has 3 rings (SSSR count). The molecule has 3 aromatic carbocycles. The number of esters is 1. The molecule has 0 saturated heterocycles. The van der Waals surface area contributed by atoms with Crippen LogP contribution in [0.1, 0.15) is 21.5 Å². The summed E-state index contributed by atoms with van der Waals surface area (Å²) < 4.78 is 5.20. The van der Waals surface area contributed by atoms with Crippen molar-refractivity contribution < 1.29 is 24.9 Å². The van der Waals surface area contributed by atoms with Crippen LogP contribution in [0, 0.1) is 0 Å². The van der Waals surface area contributed by atoms with Crippen molar-refractivity contribution >= 4 is 17.7 Å². The number of hydrogen-bond acceptors (Lipinski definition) is 6. The van der Waals surface area contributed by atoms with Crippen molar-refractivity contribution in [3.8, 4) is 17.2 Å². The summed E-state index contributed by atoms with van der Waals surface area (Å²) in [6.07, 6.45) is 3.56. The first kappa shape index (κ1) is 19.8. The SMILES string of the molecule is O=C(OC/C=C/c1ccccc1)c1cc(NCc2cc(O)ccc2O)ccc1O. The zero-order valence-electron chi connectivity index (χ0n) is 15.6. The molecule has 29 heavy (non-hydrogen) atoms. The van der Waals surface area contributed by atoms with Crippen LogP contribution < -0.4 is 5.32 Å². The lowest BCUT2D eigenvalue weighted by molar-refractivity contribution is 0.0547. The van der Waals surface area contributed by atoms with Crippen molar-refractivity contribution in [3.05, 3.63) is 89.5 Å². The molecule has 6 nitrogen and oxygen atoms in total. The fraction of sp³-hybridized carbons (Fsp3) is 0.0870. The monoisotopic (exact) mass is 391 g/mol. The molecule has 0 aliphatic rings. The molecule has 0 aliphatic carbocycles. The first-order chi connectivity index (χ1) is 14.0. The Morgan fingerprint density at radius 3 is 2.48 bits per heavy atom. The number of ether oxygens (including phenoxy) is 1. The lowest BCUT2D eigenvalue weighted by Gasteiger charge is -2.11. The highest BCUT2D eigenvalue weighted by molar-refractivity contribution is 5.93. The molecule has 6 heteroatoms. The van der Waals surface area contributed by atoms with E-state index in [2.05, 4.69) is 5.32 Å². The molecule has 0 spiro atoms. The quantitative estimate of drug-likeness (QED) is 0.354. The van der Waals surface area contributed by atoms with Gasteiger partial charge in [0.15, 0.2) is 0 Å². The molecule has 0 heterocycles. The number of phenols is 3. The van der Waals surface area contributed by atoms with E-state index in [1.807, 2.05) is 36.4 Å². The molecule has 0 radical (unpaired) electrons. The van der Waals surface area contributed by atoms with Crippen molar-refractivity contribution in [2.45, 2.75) is 6.54 Å². The maximum Gasteiger partial charge on any atom is 0.342 e. The van der Waals surface area contributed by atoms with Crippen molar-refractivity contribution in [2.75, 3.05) is 11.9 Å². The summed E-state index contributed by atoms with van der Waals surface area (Å²) in [5, 5.41) is 32.4. The van der Waals surface area contributed by atoms with Gasteiger partial charge in [0.05, 0.1) is 0 Å². The summed E-state index contributed by atoms with van der Waals surface area (Å²) in [5.41, 5.74) is 2.07. The number of carbonyl (C=O) groups excluding carboxylic acids is 1. The summed E-state index contributed by atoms with van der Waals surface area (Å²) in [4.78, 5) is 12.3. The Hall–Kier alpha value is -3.93. The van der Waals surface area contributed by atoms with E-state index >= 15 is 0 Å². The van der Waals surface area contributed by atoms with Gasteiger partial charge in [0, 0.05) is 17.8 Å². The first-order valence-electron chi connectivity index (χ1n) is 8.99. The molecule has 148 valence electrons. The average Bonchev–Trinajstić information content (AvgIpc) is 2.73. The molecule has 4 N–H and O–H groups in total. The number of aromatic hydroxyl groups is 3. The van der Waals surface area contributed by atoms with Crippen molar-refractivity contribution in [2.24, 2.45) is 0 Å². The van der Waals surface area contributed by atoms with E-state index in [1.54, 1.807) is 12.1 Å². The molecule has 0 amide bonds. The number of anilines is 1. The van der Waals surface area contributed by atoms with Crippen LogP contribution >= 0.6 is 0 Å². The third-order valence-electron chi connectivity index (χ3n) is 4.18. The van der Waals surface area contributed by atoms with Crippen LogP contribution in [-0.2, 0) is 11.3 Å². The van der Waals surface area contributed by atoms with E-state index in [-0.39, 0.29) is 36.0 Å². The van der Waals surface area contributed by atoms with E-state index in [4.69, 9.17) is 4.74 Å². The molecule has 0 unspecified atom stereocenters.